The van der Waals surface area contributed by atoms with Gasteiger partial charge < -0.3 is 15.5 Å². The lowest BCUT2D eigenvalue weighted by Gasteiger charge is -2.27. The van der Waals surface area contributed by atoms with Crippen molar-refractivity contribution in [1.82, 2.24) is 15.2 Å². The van der Waals surface area contributed by atoms with Crippen molar-refractivity contribution in [1.29, 1.82) is 0 Å². The maximum absolute atomic E-state index is 5.70. The molecule has 1 aliphatic rings. The Hall–Kier alpha value is -1.96. The van der Waals surface area contributed by atoms with Gasteiger partial charge in [-0.15, -0.1) is 11.3 Å². The molecule has 7 heteroatoms. The van der Waals surface area contributed by atoms with Gasteiger partial charge in [-0.1, -0.05) is 24.3 Å². The molecule has 0 saturated carbocycles. The van der Waals surface area contributed by atoms with Crippen LogP contribution in [0, 0.1) is 0 Å². The fourth-order valence-corrected chi connectivity index (χ4v) is 5.39. The molecule has 0 unspecified atom stereocenters. The molecule has 1 aliphatic heterocycles. The predicted octanol–water partition coefficient (Wildman–Crippen LogP) is 5.38. The smallest absolute Gasteiger partial charge is 0.170 e. The molecule has 3 heterocycles. The summed E-state index contributed by atoms with van der Waals surface area (Å²) in [5, 5.41) is 7.78. The van der Waals surface area contributed by atoms with Crippen LogP contribution in [-0.2, 0) is 0 Å². The number of rotatable bonds is 7. The zero-order valence-corrected chi connectivity index (χ0v) is 18.4. The number of nitrogens with zero attached hydrogens (tertiary/aromatic N) is 2. The lowest BCUT2D eigenvalue weighted by molar-refractivity contribution is 0.320. The van der Waals surface area contributed by atoms with Crippen molar-refractivity contribution in [3.8, 4) is 0 Å². The number of para-hydroxylation sites is 1. The normalized spacial score (nSPS) is 18.9. The SMILES string of the molecule is S=C1N[C@@H](c2ccccn2)[C@H](c2ccc(Br)s2)N1CCCNc1ccccc1. The van der Waals surface area contributed by atoms with Crippen LogP contribution in [0.15, 0.2) is 70.6 Å². The predicted molar refractivity (Wildman–Crippen MR) is 124 cm³/mol. The van der Waals surface area contributed by atoms with Gasteiger partial charge in [0.2, 0.25) is 0 Å². The third-order valence-electron chi connectivity index (χ3n) is 4.76. The summed E-state index contributed by atoms with van der Waals surface area (Å²) in [5.41, 5.74) is 2.17. The first-order chi connectivity index (χ1) is 13.7. The largest absolute Gasteiger partial charge is 0.385 e. The van der Waals surface area contributed by atoms with Crippen molar-refractivity contribution in [2.24, 2.45) is 0 Å². The second kappa shape index (κ2) is 9.03. The minimum Gasteiger partial charge on any atom is -0.385 e. The van der Waals surface area contributed by atoms with Crippen LogP contribution >= 0.6 is 39.5 Å². The summed E-state index contributed by atoms with van der Waals surface area (Å²) in [6.45, 7) is 1.79. The average Bonchev–Trinajstić information content (AvgIpc) is 3.29. The van der Waals surface area contributed by atoms with E-state index in [1.54, 1.807) is 11.3 Å². The first kappa shape index (κ1) is 19.4. The third-order valence-corrected chi connectivity index (χ3v) is 6.81. The van der Waals surface area contributed by atoms with Gasteiger partial charge in [0.05, 0.1) is 21.6 Å². The highest BCUT2D eigenvalue weighted by atomic mass is 79.9. The van der Waals surface area contributed by atoms with E-state index in [2.05, 4.69) is 66.8 Å². The van der Waals surface area contributed by atoms with Gasteiger partial charge >= 0.3 is 0 Å². The molecule has 0 spiro atoms. The van der Waals surface area contributed by atoms with Gasteiger partial charge in [-0.25, -0.2) is 0 Å². The topological polar surface area (TPSA) is 40.2 Å². The Labute approximate surface area is 183 Å². The molecule has 0 aliphatic carbocycles. The van der Waals surface area contributed by atoms with Crippen LogP contribution in [0.1, 0.15) is 29.1 Å². The van der Waals surface area contributed by atoms with Crippen molar-refractivity contribution < 1.29 is 0 Å². The lowest BCUT2D eigenvalue weighted by Crippen LogP contribution is -2.31. The number of benzene rings is 1. The number of anilines is 1. The molecule has 2 aromatic heterocycles. The Bertz CT molecular complexity index is 916. The van der Waals surface area contributed by atoms with Crippen LogP contribution in [0.4, 0.5) is 5.69 Å². The Balaban J connectivity index is 1.48. The van der Waals surface area contributed by atoms with Crippen molar-refractivity contribution >= 4 is 50.3 Å². The van der Waals surface area contributed by atoms with Gasteiger partial charge in [0.15, 0.2) is 5.11 Å². The Morgan fingerprint density at radius 2 is 1.93 bits per heavy atom. The summed E-state index contributed by atoms with van der Waals surface area (Å²) in [4.78, 5) is 8.17. The number of halogens is 1. The number of pyridine rings is 1. The Morgan fingerprint density at radius 1 is 1.11 bits per heavy atom. The van der Waals surface area contributed by atoms with E-state index in [1.807, 2.05) is 36.5 Å². The fraction of sp³-hybridized carbons (Fsp3) is 0.238. The standard InChI is InChI=1S/C21H21BrN4S2/c22-18-11-10-17(28-18)20-19(16-9-4-5-12-24-16)25-21(27)26(20)14-6-13-23-15-7-2-1-3-8-15/h1-5,7-12,19-20,23H,6,13-14H2,(H,25,27)/t19-,20-/m0/s1. The molecule has 144 valence electrons. The highest BCUT2D eigenvalue weighted by molar-refractivity contribution is 9.11. The number of hydrogen-bond acceptors (Lipinski definition) is 4. The molecular weight excluding hydrogens is 452 g/mol. The van der Waals surface area contributed by atoms with Crippen LogP contribution in [0.2, 0.25) is 0 Å². The Kier molecular flexibility index (Phi) is 6.24. The highest BCUT2D eigenvalue weighted by Gasteiger charge is 2.40. The van der Waals surface area contributed by atoms with E-state index in [0.29, 0.717) is 0 Å². The summed E-state index contributed by atoms with van der Waals surface area (Å²) in [6.07, 6.45) is 2.84. The zero-order valence-electron chi connectivity index (χ0n) is 15.2. The van der Waals surface area contributed by atoms with E-state index in [1.165, 1.54) is 4.88 Å². The van der Waals surface area contributed by atoms with Crippen LogP contribution in [-0.4, -0.2) is 28.1 Å². The number of nitrogens with one attached hydrogen (secondary N) is 2. The molecule has 0 amide bonds. The molecule has 28 heavy (non-hydrogen) atoms. The minimum atomic E-state index is 0.0568. The molecule has 2 N–H and O–H groups in total. The Morgan fingerprint density at radius 3 is 2.64 bits per heavy atom. The molecule has 4 nitrogen and oxygen atoms in total. The molecule has 0 radical (unpaired) electrons. The number of thiocarbonyl (C=S) groups is 1. The van der Waals surface area contributed by atoms with Crippen molar-refractivity contribution in [2.45, 2.75) is 18.5 Å². The highest BCUT2D eigenvalue weighted by Crippen LogP contribution is 2.42. The van der Waals surface area contributed by atoms with E-state index in [0.717, 1.165) is 39.8 Å². The van der Waals surface area contributed by atoms with Gasteiger partial charge in [0.1, 0.15) is 0 Å². The fourth-order valence-electron chi connectivity index (χ4n) is 3.48. The van der Waals surface area contributed by atoms with Gasteiger partial charge in [0.25, 0.3) is 0 Å². The van der Waals surface area contributed by atoms with E-state index < -0.39 is 0 Å². The second-order valence-electron chi connectivity index (χ2n) is 6.61. The zero-order chi connectivity index (χ0) is 19.3. The quantitative estimate of drug-likeness (QED) is 0.356. The second-order valence-corrected chi connectivity index (χ2v) is 9.49. The van der Waals surface area contributed by atoms with E-state index >= 15 is 0 Å². The van der Waals surface area contributed by atoms with Gasteiger partial charge in [0, 0.05) is 29.9 Å². The third kappa shape index (κ3) is 4.37. The molecule has 3 aromatic rings. The molecular formula is C21H21BrN4S2. The number of thiophene rings is 1. The molecule has 1 saturated heterocycles. The van der Waals surface area contributed by atoms with Gasteiger partial charge in [-0.05, 0) is 71.0 Å². The van der Waals surface area contributed by atoms with E-state index in [9.17, 15) is 0 Å². The molecule has 4 rings (SSSR count). The maximum Gasteiger partial charge on any atom is 0.170 e. The average molecular weight is 473 g/mol. The summed E-state index contributed by atoms with van der Waals surface area (Å²) >= 11 is 11.1. The van der Waals surface area contributed by atoms with Gasteiger partial charge in [-0.2, -0.15) is 0 Å². The monoisotopic (exact) mass is 472 g/mol. The number of hydrogen-bond donors (Lipinski definition) is 2. The summed E-state index contributed by atoms with van der Waals surface area (Å²) < 4.78 is 1.13. The van der Waals surface area contributed by atoms with Gasteiger partial charge in [-0.3, -0.25) is 4.98 Å². The van der Waals surface area contributed by atoms with Crippen molar-refractivity contribution in [3.05, 3.63) is 81.2 Å². The first-order valence-electron chi connectivity index (χ1n) is 9.24. The van der Waals surface area contributed by atoms with Crippen LogP contribution < -0.4 is 10.6 Å². The van der Waals surface area contributed by atoms with E-state index in [4.69, 9.17) is 12.2 Å². The summed E-state index contributed by atoms with van der Waals surface area (Å²) in [5.74, 6) is 0. The number of aromatic nitrogens is 1. The maximum atomic E-state index is 5.70. The summed E-state index contributed by atoms with van der Waals surface area (Å²) in [6, 6.07) is 20.8. The molecule has 0 bridgehead atoms. The molecule has 1 fully saturated rings. The van der Waals surface area contributed by atoms with Crippen molar-refractivity contribution in [2.75, 3.05) is 18.4 Å². The minimum absolute atomic E-state index is 0.0568. The van der Waals surface area contributed by atoms with Crippen molar-refractivity contribution in [3.63, 3.8) is 0 Å². The molecule has 2 atom stereocenters. The lowest BCUT2D eigenvalue weighted by atomic mass is 10.0. The summed E-state index contributed by atoms with van der Waals surface area (Å²) in [7, 11) is 0. The first-order valence-corrected chi connectivity index (χ1v) is 11.3. The van der Waals surface area contributed by atoms with Crippen LogP contribution in [0.3, 0.4) is 0 Å². The van der Waals surface area contributed by atoms with Crippen LogP contribution in [0.5, 0.6) is 0 Å². The molecule has 1 aromatic carbocycles. The van der Waals surface area contributed by atoms with E-state index in [-0.39, 0.29) is 12.1 Å². The van der Waals surface area contributed by atoms with Crippen LogP contribution in [0.25, 0.3) is 0 Å².